The van der Waals surface area contributed by atoms with E-state index in [-0.39, 0.29) is 0 Å². The van der Waals surface area contributed by atoms with Crippen LogP contribution >= 0.6 is 11.8 Å². The molecule has 2 atom stereocenters. The molecule has 2 unspecified atom stereocenters. The van der Waals surface area contributed by atoms with Crippen molar-refractivity contribution in [3.05, 3.63) is 0 Å². The lowest BCUT2D eigenvalue weighted by molar-refractivity contribution is 0.267. The molecule has 0 aromatic heterocycles. The number of nitrogens with one attached hydrogen (secondary N) is 1. The molecule has 0 aromatic carbocycles. The fourth-order valence-corrected chi connectivity index (χ4v) is 3.33. The number of nitrogens with zero attached hydrogens (tertiary/aromatic N) is 1. The second-order valence-corrected chi connectivity index (χ2v) is 5.86. The molecular weight excluding hydrogens is 180 g/mol. The zero-order valence-electron chi connectivity index (χ0n) is 9.05. The normalized spacial score (nSPS) is 30.7. The van der Waals surface area contributed by atoms with Gasteiger partial charge in [0, 0.05) is 23.6 Å². The van der Waals surface area contributed by atoms with Gasteiger partial charge in [-0.05, 0) is 26.6 Å². The maximum Gasteiger partial charge on any atom is 0.0149 e. The van der Waals surface area contributed by atoms with Crippen molar-refractivity contribution in [2.24, 2.45) is 0 Å². The molecule has 0 spiro atoms. The van der Waals surface area contributed by atoms with Crippen molar-refractivity contribution in [3.63, 3.8) is 0 Å². The lowest BCUT2D eigenvalue weighted by atomic mass is 10.3. The molecule has 0 aliphatic carbocycles. The van der Waals surface area contributed by atoms with Crippen molar-refractivity contribution in [3.8, 4) is 0 Å². The van der Waals surface area contributed by atoms with Crippen molar-refractivity contribution in [2.75, 3.05) is 33.2 Å². The van der Waals surface area contributed by atoms with Crippen LogP contribution in [0.3, 0.4) is 0 Å². The van der Waals surface area contributed by atoms with E-state index in [1.54, 1.807) is 0 Å². The fraction of sp³-hybridized carbons (Fsp3) is 1.00. The quantitative estimate of drug-likeness (QED) is 0.694. The Morgan fingerprint density at radius 2 is 1.92 bits per heavy atom. The van der Waals surface area contributed by atoms with E-state index in [2.05, 4.69) is 35.8 Å². The summed E-state index contributed by atoms with van der Waals surface area (Å²) in [6.45, 7) is 9.64. The zero-order chi connectivity index (χ0) is 9.68. The molecule has 0 amide bonds. The number of rotatable bonds is 4. The van der Waals surface area contributed by atoms with E-state index in [0.717, 1.165) is 17.0 Å². The van der Waals surface area contributed by atoms with Crippen LogP contribution in [-0.2, 0) is 0 Å². The zero-order valence-corrected chi connectivity index (χ0v) is 9.86. The molecule has 13 heavy (non-hydrogen) atoms. The average Bonchev–Trinajstić information content (AvgIpc) is 2.03. The van der Waals surface area contributed by atoms with Crippen LogP contribution in [-0.4, -0.2) is 48.6 Å². The Labute approximate surface area is 86.5 Å². The van der Waals surface area contributed by atoms with E-state index in [0.29, 0.717) is 0 Å². The molecule has 1 fully saturated rings. The Kier molecular flexibility index (Phi) is 5.14. The predicted octanol–water partition coefficient (Wildman–Crippen LogP) is 1.42. The average molecular weight is 202 g/mol. The van der Waals surface area contributed by atoms with E-state index < -0.39 is 0 Å². The molecule has 0 bridgehead atoms. The molecule has 1 N–H and O–H groups in total. The molecule has 1 saturated heterocycles. The highest BCUT2D eigenvalue weighted by Gasteiger charge is 2.21. The summed E-state index contributed by atoms with van der Waals surface area (Å²) in [6.07, 6.45) is 1.28. The minimum Gasteiger partial charge on any atom is -0.320 e. The fourth-order valence-electron chi connectivity index (χ4n) is 1.95. The molecule has 0 radical (unpaired) electrons. The first kappa shape index (κ1) is 11.3. The van der Waals surface area contributed by atoms with Crippen LogP contribution in [0.4, 0.5) is 0 Å². The first-order valence-corrected chi connectivity index (χ1v) is 6.19. The van der Waals surface area contributed by atoms with Gasteiger partial charge in [-0.15, -0.1) is 0 Å². The summed E-state index contributed by atoms with van der Waals surface area (Å²) in [5.41, 5.74) is 0. The van der Waals surface area contributed by atoms with E-state index in [1.807, 2.05) is 7.05 Å². The molecule has 1 aliphatic rings. The lowest BCUT2D eigenvalue weighted by Crippen LogP contribution is -2.41. The second kappa shape index (κ2) is 5.89. The molecule has 1 rings (SSSR count). The SMILES string of the molecule is CNCCCN1CC(C)SC(C)C1. The number of hydrogen-bond donors (Lipinski definition) is 1. The molecule has 78 valence electrons. The summed E-state index contributed by atoms with van der Waals surface area (Å²) >= 11 is 2.13. The number of hydrogen-bond acceptors (Lipinski definition) is 3. The van der Waals surface area contributed by atoms with Gasteiger partial charge in [-0.2, -0.15) is 11.8 Å². The van der Waals surface area contributed by atoms with Crippen molar-refractivity contribution in [1.29, 1.82) is 0 Å². The highest BCUT2D eigenvalue weighted by molar-refractivity contribution is 8.00. The van der Waals surface area contributed by atoms with Crippen LogP contribution in [0.2, 0.25) is 0 Å². The third kappa shape index (κ3) is 4.34. The molecule has 0 saturated carbocycles. The van der Waals surface area contributed by atoms with Crippen LogP contribution < -0.4 is 5.32 Å². The van der Waals surface area contributed by atoms with Gasteiger partial charge in [-0.1, -0.05) is 13.8 Å². The van der Waals surface area contributed by atoms with Crippen molar-refractivity contribution < 1.29 is 0 Å². The third-order valence-corrected chi connectivity index (χ3v) is 3.62. The topological polar surface area (TPSA) is 15.3 Å². The second-order valence-electron chi connectivity index (χ2n) is 3.97. The van der Waals surface area contributed by atoms with Crippen LogP contribution in [0.5, 0.6) is 0 Å². The monoisotopic (exact) mass is 202 g/mol. The predicted molar refractivity (Wildman–Crippen MR) is 61.5 cm³/mol. The standard InChI is InChI=1S/C10H22N2S/c1-9-7-12(6-4-5-11-3)8-10(2)13-9/h9-11H,4-8H2,1-3H3. The van der Waals surface area contributed by atoms with Gasteiger partial charge in [0.25, 0.3) is 0 Å². The summed E-state index contributed by atoms with van der Waals surface area (Å²) in [7, 11) is 2.03. The Bertz CT molecular complexity index is 131. The van der Waals surface area contributed by atoms with Crippen LogP contribution in [0.15, 0.2) is 0 Å². The molecular formula is C10H22N2S. The molecule has 0 aromatic rings. The molecule has 2 nitrogen and oxygen atoms in total. The van der Waals surface area contributed by atoms with Crippen molar-refractivity contribution in [2.45, 2.75) is 30.8 Å². The summed E-state index contributed by atoms with van der Waals surface area (Å²) in [6, 6.07) is 0. The van der Waals surface area contributed by atoms with Gasteiger partial charge in [0.2, 0.25) is 0 Å². The van der Waals surface area contributed by atoms with Crippen LogP contribution in [0.1, 0.15) is 20.3 Å². The first-order valence-electron chi connectivity index (χ1n) is 5.24. The minimum absolute atomic E-state index is 0.818. The van der Waals surface area contributed by atoms with E-state index in [9.17, 15) is 0 Å². The van der Waals surface area contributed by atoms with Gasteiger partial charge in [0.05, 0.1) is 0 Å². The minimum atomic E-state index is 0.818. The van der Waals surface area contributed by atoms with E-state index in [4.69, 9.17) is 0 Å². The summed E-state index contributed by atoms with van der Waals surface area (Å²) in [5.74, 6) is 0. The van der Waals surface area contributed by atoms with Crippen LogP contribution in [0.25, 0.3) is 0 Å². The Balaban J connectivity index is 2.17. The maximum atomic E-state index is 3.20. The van der Waals surface area contributed by atoms with Crippen LogP contribution in [0, 0.1) is 0 Å². The maximum absolute atomic E-state index is 3.20. The van der Waals surface area contributed by atoms with Gasteiger partial charge in [0.1, 0.15) is 0 Å². The van der Waals surface area contributed by atoms with Crippen molar-refractivity contribution >= 4 is 11.8 Å². The van der Waals surface area contributed by atoms with Gasteiger partial charge in [0.15, 0.2) is 0 Å². The smallest absolute Gasteiger partial charge is 0.0149 e. The van der Waals surface area contributed by atoms with Gasteiger partial charge in [-0.25, -0.2) is 0 Å². The summed E-state index contributed by atoms with van der Waals surface area (Å²) in [5, 5.41) is 4.83. The van der Waals surface area contributed by atoms with Gasteiger partial charge >= 0.3 is 0 Å². The number of thioether (sulfide) groups is 1. The van der Waals surface area contributed by atoms with Gasteiger partial charge in [-0.3, -0.25) is 0 Å². The van der Waals surface area contributed by atoms with E-state index >= 15 is 0 Å². The first-order chi connectivity index (χ1) is 6.22. The summed E-state index contributed by atoms with van der Waals surface area (Å²) in [4.78, 5) is 2.60. The van der Waals surface area contributed by atoms with Gasteiger partial charge < -0.3 is 10.2 Å². The molecule has 1 aliphatic heterocycles. The largest absolute Gasteiger partial charge is 0.320 e. The van der Waals surface area contributed by atoms with E-state index in [1.165, 1.54) is 26.1 Å². The third-order valence-electron chi connectivity index (χ3n) is 2.40. The molecule has 3 heteroatoms. The lowest BCUT2D eigenvalue weighted by Gasteiger charge is -2.34. The summed E-state index contributed by atoms with van der Waals surface area (Å²) < 4.78 is 0. The Morgan fingerprint density at radius 3 is 2.46 bits per heavy atom. The van der Waals surface area contributed by atoms with Crippen molar-refractivity contribution in [1.82, 2.24) is 10.2 Å². The highest BCUT2D eigenvalue weighted by Crippen LogP contribution is 2.24. The Hall–Kier alpha value is 0.270. The molecule has 1 heterocycles. The Morgan fingerprint density at radius 1 is 1.31 bits per heavy atom. The highest BCUT2D eigenvalue weighted by atomic mass is 32.2.